The van der Waals surface area contributed by atoms with Crippen molar-refractivity contribution >= 4 is 56.2 Å². The number of hydrogen-bond donors (Lipinski definition) is 2. The number of aliphatic hydroxyl groups is 1. The zero-order chi connectivity index (χ0) is 49.8. The summed E-state index contributed by atoms with van der Waals surface area (Å²) < 4.78 is 24.4. The Balaban J connectivity index is 1.23. The van der Waals surface area contributed by atoms with Crippen LogP contribution in [0.4, 0.5) is 15.6 Å². The van der Waals surface area contributed by atoms with Crippen molar-refractivity contribution in [3.05, 3.63) is 191 Å². The summed E-state index contributed by atoms with van der Waals surface area (Å²) in [7, 11) is 3.45. The number of ether oxygens (including phenoxy) is 4. The van der Waals surface area contributed by atoms with E-state index in [1.54, 1.807) is 36.4 Å². The Bertz CT molecular complexity index is 3150. The Morgan fingerprint density at radius 1 is 0.819 bits per heavy atom. The first kappa shape index (κ1) is 47.9. The molecular formula is C57H51N5O9S. The minimum atomic E-state index is -2.09. The smallest absolute Gasteiger partial charge is 0.421 e. The third-order valence-corrected chi connectivity index (χ3v) is 14.3. The van der Waals surface area contributed by atoms with E-state index in [0.29, 0.717) is 41.0 Å². The Morgan fingerprint density at radius 2 is 1.53 bits per heavy atom. The second-order valence-corrected chi connectivity index (χ2v) is 18.9. The van der Waals surface area contributed by atoms with Gasteiger partial charge in [0, 0.05) is 19.2 Å². The van der Waals surface area contributed by atoms with E-state index in [-0.39, 0.29) is 42.8 Å². The van der Waals surface area contributed by atoms with Gasteiger partial charge in [-0.3, -0.25) is 24.2 Å². The molecule has 2 fully saturated rings. The summed E-state index contributed by atoms with van der Waals surface area (Å²) in [5, 5.41) is 13.2. The summed E-state index contributed by atoms with van der Waals surface area (Å²) in [6.45, 7) is 0.637. The zero-order valence-corrected chi connectivity index (χ0v) is 40.4. The molecule has 2 N–H and O–H groups in total. The molecule has 10 rings (SSSR count). The maximum Gasteiger partial charge on any atom is 0.421 e. The molecular weight excluding hydrogens is 931 g/mol. The van der Waals surface area contributed by atoms with Gasteiger partial charge >= 0.3 is 12.1 Å². The average Bonchev–Trinajstić information content (AvgIpc) is 4.04. The van der Waals surface area contributed by atoms with Crippen molar-refractivity contribution in [3.8, 4) is 17.6 Å². The van der Waals surface area contributed by atoms with Gasteiger partial charge in [-0.1, -0.05) is 138 Å². The predicted octanol–water partition coefficient (Wildman–Crippen LogP) is 8.24. The number of carbonyl (C=O) groups is 4. The number of morpholine rings is 1. The number of fused-ring (bicyclic) bond motifs is 4. The summed E-state index contributed by atoms with van der Waals surface area (Å²) in [5.41, 5.74) is 2.54. The Hall–Kier alpha value is -7.71. The largest absolute Gasteiger partial charge is 0.491 e. The molecule has 1 aromatic heterocycles. The minimum Gasteiger partial charge on any atom is -0.491 e. The van der Waals surface area contributed by atoms with Gasteiger partial charge in [-0.15, -0.1) is 0 Å². The number of imide groups is 1. The number of aromatic nitrogens is 1. The van der Waals surface area contributed by atoms with E-state index in [9.17, 15) is 9.90 Å². The molecule has 364 valence electrons. The van der Waals surface area contributed by atoms with E-state index in [1.807, 2.05) is 121 Å². The highest BCUT2D eigenvalue weighted by Crippen LogP contribution is 2.66. The molecule has 6 aromatic carbocycles. The number of cyclic esters (lactones) is 1. The van der Waals surface area contributed by atoms with Crippen LogP contribution >= 0.6 is 11.3 Å². The van der Waals surface area contributed by atoms with Crippen LogP contribution in [0.1, 0.15) is 51.6 Å². The van der Waals surface area contributed by atoms with E-state index in [0.717, 1.165) is 20.7 Å². The van der Waals surface area contributed by atoms with Gasteiger partial charge in [0.2, 0.25) is 11.8 Å². The van der Waals surface area contributed by atoms with E-state index < -0.39 is 59.4 Å². The lowest BCUT2D eigenvalue weighted by molar-refractivity contribution is -0.177. The molecule has 6 atom stereocenters. The third-order valence-electron chi connectivity index (χ3n) is 13.4. The molecule has 7 aromatic rings. The van der Waals surface area contributed by atoms with Crippen LogP contribution in [0.3, 0.4) is 0 Å². The highest BCUT2D eigenvalue weighted by Gasteiger charge is 2.76. The van der Waals surface area contributed by atoms with Gasteiger partial charge in [0.25, 0.3) is 0 Å². The number of esters is 1. The van der Waals surface area contributed by atoms with E-state index in [2.05, 4.69) is 34.2 Å². The van der Waals surface area contributed by atoms with Crippen molar-refractivity contribution in [2.24, 2.45) is 5.92 Å². The Labute approximate surface area is 420 Å². The monoisotopic (exact) mass is 981 g/mol. The number of thiazole rings is 1. The lowest BCUT2D eigenvalue weighted by atomic mass is 9.65. The number of benzene rings is 6. The van der Waals surface area contributed by atoms with Crippen LogP contribution in [0.15, 0.2) is 158 Å². The predicted molar refractivity (Wildman–Crippen MR) is 272 cm³/mol. The molecule has 14 nitrogen and oxygen atoms in total. The van der Waals surface area contributed by atoms with Crippen molar-refractivity contribution in [2.75, 3.05) is 57.3 Å². The number of nitrogens with one attached hydrogen (secondary N) is 1. The van der Waals surface area contributed by atoms with Gasteiger partial charge in [0.05, 0.1) is 53.7 Å². The van der Waals surface area contributed by atoms with Crippen LogP contribution in [0.25, 0.3) is 10.2 Å². The van der Waals surface area contributed by atoms with Gasteiger partial charge in [0.1, 0.15) is 36.5 Å². The summed E-state index contributed by atoms with van der Waals surface area (Å²) in [5.74, 6) is 3.14. The molecule has 1 spiro atoms. The molecule has 3 amide bonds. The van der Waals surface area contributed by atoms with Crippen LogP contribution in [-0.2, 0) is 40.6 Å². The first-order valence-electron chi connectivity index (χ1n) is 23.6. The molecule has 0 radical (unpaired) electrons. The van der Waals surface area contributed by atoms with Crippen molar-refractivity contribution in [1.29, 1.82) is 0 Å². The van der Waals surface area contributed by atoms with Crippen LogP contribution in [0.2, 0.25) is 0 Å². The third kappa shape index (κ3) is 8.99. The van der Waals surface area contributed by atoms with Crippen molar-refractivity contribution < 1.29 is 43.2 Å². The lowest BCUT2D eigenvalue weighted by Gasteiger charge is -2.46. The summed E-state index contributed by atoms with van der Waals surface area (Å²) >= 11 is 1.25. The van der Waals surface area contributed by atoms with Crippen LogP contribution < -0.4 is 15.0 Å². The second-order valence-electron chi connectivity index (χ2n) is 17.8. The first-order chi connectivity index (χ1) is 35.2. The first-order valence-corrected chi connectivity index (χ1v) is 24.5. The highest BCUT2D eigenvalue weighted by atomic mass is 32.1. The summed E-state index contributed by atoms with van der Waals surface area (Å²) in [4.78, 5) is 72.4. The van der Waals surface area contributed by atoms with Gasteiger partial charge in [-0.05, 0) is 77.3 Å². The average molecular weight is 982 g/mol. The van der Waals surface area contributed by atoms with Crippen molar-refractivity contribution in [3.63, 3.8) is 0 Å². The maximum atomic E-state index is 16.6. The number of rotatable bonds is 14. The number of anilines is 2. The van der Waals surface area contributed by atoms with Crippen LogP contribution in [0, 0.1) is 17.8 Å². The zero-order valence-electron chi connectivity index (χ0n) is 39.6. The van der Waals surface area contributed by atoms with E-state index in [4.69, 9.17) is 23.9 Å². The lowest BCUT2D eigenvalue weighted by Crippen LogP contribution is -2.54. The van der Waals surface area contributed by atoms with Crippen LogP contribution in [0.5, 0.6) is 5.75 Å². The molecule has 3 aliphatic heterocycles. The number of carbonyl (C=O) groups excluding carboxylic acids is 4. The minimum absolute atomic E-state index is 0.0285. The maximum absolute atomic E-state index is 16.6. The van der Waals surface area contributed by atoms with Gasteiger partial charge < -0.3 is 29.4 Å². The summed E-state index contributed by atoms with van der Waals surface area (Å²) in [6.07, 6.45) is -1.93. The molecule has 2 saturated heterocycles. The highest BCUT2D eigenvalue weighted by molar-refractivity contribution is 7.22. The van der Waals surface area contributed by atoms with Gasteiger partial charge in [-0.2, -0.15) is 0 Å². The molecule has 6 unspecified atom stereocenters. The quantitative estimate of drug-likeness (QED) is 0.0612. The summed E-state index contributed by atoms with van der Waals surface area (Å²) in [6, 6.07) is 45.1. The van der Waals surface area contributed by atoms with Gasteiger partial charge in [-0.25, -0.2) is 14.7 Å². The fourth-order valence-corrected chi connectivity index (χ4v) is 11.4. The Kier molecular flexibility index (Phi) is 13.9. The number of aliphatic hydroxyl groups excluding tert-OH is 1. The molecule has 0 saturated carbocycles. The molecule has 72 heavy (non-hydrogen) atoms. The molecule has 3 aliphatic rings. The normalized spacial score (nSPS) is 21.2. The number of para-hydroxylation sites is 1. The molecule has 0 bridgehead atoms. The number of amides is 3. The number of hydrogen-bond acceptors (Lipinski definition) is 13. The fourth-order valence-electron chi connectivity index (χ4n) is 10.5. The van der Waals surface area contributed by atoms with Crippen molar-refractivity contribution in [1.82, 2.24) is 14.8 Å². The van der Waals surface area contributed by atoms with Crippen molar-refractivity contribution in [2.45, 2.75) is 36.2 Å². The Morgan fingerprint density at radius 3 is 2.26 bits per heavy atom. The van der Waals surface area contributed by atoms with Crippen LogP contribution in [-0.4, -0.2) is 96.9 Å². The van der Waals surface area contributed by atoms with Gasteiger partial charge in [0.15, 0.2) is 5.13 Å². The SMILES string of the molecule is COCCOC(=O)N1C(=O)C2(c3cc(C#CCN(C)Cc4ccccc4)ccc31)C(C(=O)Nc1nc3ccccc3s1)C1C(=O)OC(c3ccccc3)C(c3ccccc3)N1C2c1cccc(OCCO)c1. The van der Waals surface area contributed by atoms with E-state index in [1.165, 1.54) is 18.4 Å². The fraction of sp³-hybridized carbons (Fsp3) is 0.246. The number of nitrogens with zero attached hydrogens (tertiary/aromatic N) is 4. The molecule has 0 aliphatic carbocycles. The second kappa shape index (κ2) is 20.9. The molecule has 4 heterocycles. The number of methoxy groups -OCH3 is 1. The molecule has 15 heteroatoms. The van der Waals surface area contributed by atoms with E-state index >= 15 is 14.4 Å². The standard InChI is InChI=1S/C57H51N5O9S/c1-60(36-38-16-6-3-7-17-38)29-15-18-37-27-28-45-43(34-37)57(54(66)61(45)56(67)70-33-32-68-2)47(52(64)59-55-58-44-25-12-13-26-46(44)72-55)49-53(65)71-50(40-21-10-5-11-22-40)48(39-19-8-4-9-20-39)62(49)51(57)41-23-14-24-42(35-41)69-31-30-63/h3-14,16-17,19-28,34-35,47-51,63H,29-33,36H2,1-2H3,(H,58,59,64). The topological polar surface area (TPSA) is 160 Å².